The maximum atomic E-state index is 12.0. The van der Waals surface area contributed by atoms with E-state index in [-0.39, 0.29) is 34.5 Å². The Morgan fingerprint density at radius 3 is 1.39 bits per heavy atom. The summed E-state index contributed by atoms with van der Waals surface area (Å²) in [5.74, 6) is -2.56. The first kappa shape index (κ1) is 38.3. The standard InChI is InChI=1S/C40H34O14/c1-21(41)47-31-13-28(14-32(19-31)48-22(2)42)8-7-27-9-11-36-37(15-27)54-40(30-16-33(49-23(3)43)20-34(17-30)50-24(4)44)39(53-36)29-10-12-35(51-25(5)45)38(18-29)52-26(6)46/h7-20,39-40H,1-6H3. The van der Waals surface area contributed by atoms with Gasteiger partial charge in [0.15, 0.2) is 35.2 Å². The van der Waals surface area contributed by atoms with E-state index in [0.717, 1.165) is 0 Å². The maximum Gasteiger partial charge on any atom is 0.308 e. The molecule has 0 spiro atoms. The predicted molar refractivity (Wildman–Crippen MR) is 189 cm³/mol. The highest BCUT2D eigenvalue weighted by molar-refractivity contribution is 5.77. The lowest BCUT2D eigenvalue weighted by Gasteiger charge is -2.35. The minimum Gasteiger partial charge on any atom is -0.478 e. The molecule has 0 saturated heterocycles. The number of esters is 6. The molecule has 14 heteroatoms. The van der Waals surface area contributed by atoms with E-state index in [2.05, 4.69) is 0 Å². The Balaban J connectivity index is 1.59. The van der Waals surface area contributed by atoms with Crippen LogP contribution in [0.3, 0.4) is 0 Å². The van der Waals surface area contributed by atoms with Crippen LogP contribution in [0.2, 0.25) is 0 Å². The Kier molecular flexibility index (Phi) is 11.8. The van der Waals surface area contributed by atoms with Crippen LogP contribution in [0.5, 0.6) is 46.0 Å². The molecule has 0 aromatic heterocycles. The molecule has 0 aliphatic carbocycles. The van der Waals surface area contributed by atoms with E-state index in [1.165, 1.54) is 77.9 Å². The summed E-state index contributed by atoms with van der Waals surface area (Å²) in [7, 11) is 0. The summed E-state index contributed by atoms with van der Waals surface area (Å²) in [6.07, 6.45) is 1.49. The van der Waals surface area contributed by atoms with E-state index in [4.69, 9.17) is 37.9 Å². The van der Waals surface area contributed by atoms with Gasteiger partial charge in [0.2, 0.25) is 0 Å². The SMILES string of the molecule is CC(=O)Oc1cc(C=Cc2ccc3c(c2)OC(c2cc(OC(C)=O)cc(OC(C)=O)c2)C(c2ccc(OC(C)=O)c(OC(C)=O)c2)O3)cc(OC(C)=O)c1. The van der Waals surface area contributed by atoms with Gasteiger partial charge in [-0.05, 0) is 59.7 Å². The highest BCUT2D eigenvalue weighted by Gasteiger charge is 2.36. The fourth-order valence-electron chi connectivity index (χ4n) is 5.42. The van der Waals surface area contributed by atoms with Crippen LogP contribution >= 0.6 is 0 Å². The first-order chi connectivity index (χ1) is 25.6. The molecule has 0 saturated carbocycles. The van der Waals surface area contributed by atoms with Gasteiger partial charge in [0.25, 0.3) is 0 Å². The quantitative estimate of drug-likeness (QED) is 0.0958. The Labute approximate surface area is 309 Å². The molecule has 0 bridgehead atoms. The van der Waals surface area contributed by atoms with Crippen molar-refractivity contribution in [1.29, 1.82) is 0 Å². The molecular formula is C40H34O14. The number of hydrogen-bond acceptors (Lipinski definition) is 14. The van der Waals surface area contributed by atoms with Crippen LogP contribution in [-0.2, 0) is 28.8 Å². The van der Waals surface area contributed by atoms with Gasteiger partial charge in [-0.15, -0.1) is 0 Å². The highest BCUT2D eigenvalue weighted by atomic mass is 16.6. The van der Waals surface area contributed by atoms with Gasteiger partial charge in [-0.25, -0.2) is 0 Å². The fourth-order valence-corrected chi connectivity index (χ4v) is 5.42. The van der Waals surface area contributed by atoms with Gasteiger partial charge in [0, 0.05) is 64.8 Å². The number of rotatable bonds is 10. The second-order valence-corrected chi connectivity index (χ2v) is 11.9. The number of hydrogen-bond donors (Lipinski definition) is 0. The zero-order chi connectivity index (χ0) is 39.1. The second-order valence-electron chi connectivity index (χ2n) is 11.9. The number of carbonyl (C=O) groups is 6. The van der Waals surface area contributed by atoms with Crippen LogP contribution in [0.4, 0.5) is 0 Å². The van der Waals surface area contributed by atoms with Gasteiger partial charge in [-0.1, -0.05) is 24.3 Å². The molecule has 0 N–H and O–H groups in total. The van der Waals surface area contributed by atoms with Gasteiger partial charge in [-0.3, -0.25) is 28.8 Å². The molecule has 2 atom stereocenters. The molecule has 0 amide bonds. The number of benzene rings is 4. The maximum absolute atomic E-state index is 12.0. The molecule has 14 nitrogen and oxygen atoms in total. The number of fused-ring (bicyclic) bond motifs is 1. The van der Waals surface area contributed by atoms with Crippen molar-refractivity contribution in [2.24, 2.45) is 0 Å². The van der Waals surface area contributed by atoms with Crippen molar-refractivity contribution in [3.8, 4) is 46.0 Å². The third kappa shape index (κ3) is 10.3. The predicted octanol–water partition coefficient (Wildman–Crippen LogP) is 6.66. The Bertz CT molecular complexity index is 2110. The first-order valence-corrected chi connectivity index (χ1v) is 16.3. The molecule has 0 fully saturated rings. The summed E-state index contributed by atoms with van der Waals surface area (Å²) in [4.78, 5) is 70.8. The lowest BCUT2D eigenvalue weighted by atomic mass is 9.95. The van der Waals surface area contributed by atoms with E-state index in [1.54, 1.807) is 48.6 Å². The molecular weight excluding hydrogens is 704 g/mol. The Morgan fingerprint density at radius 2 is 0.870 bits per heavy atom. The second kappa shape index (κ2) is 16.6. The van der Waals surface area contributed by atoms with E-state index in [1.807, 2.05) is 0 Å². The van der Waals surface area contributed by atoms with Gasteiger partial charge in [0.1, 0.15) is 23.0 Å². The van der Waals surface area contributed by atoms with E-state index < -0.39 is 48.0 Å². The van der Waals surface area contributed by atoms with Crippen molar-refractivity contribution < 1.29 is 66.7 Å². The average molecular weight is 739 g/mol. The summed E-state index contributed by atoms with van der Waals surface area (Å²) >= 11 is 0. The third-order valence-electron chi connectivity index (χ3n) is 7.20. The van der Waals surface area contributed by atoms with E-state index in [0.29, 0.717) is 33.8 Å². The summed E-state index contributed by atoms with van der Waals surface area (Å²) in [5, 5.41) is 0. The molecule has 4 aromatic rings. The third-order valence-corrected chi connectivity index (χ3v) is 7.20. The first-order valence-electron chi connectivity index (χ1n) is 16.3. The van der Waals surface area contributed by atoms with Crippen molar-refractivity contribution in [3.05, 3.63) is 95.1 Å². The van der Waals surface area contributed by atoms with Crippen LogP contribution in [0.15, 0.2) is 72.8 Å². The van der Waals surface area contributed by atoms with Gasteiger partial charge < -0.3 is 37.9 Å². The van der Waals surface area contributed by atoms with Crippen molar-refractivity contribution in [2.75, 3.05) is 0 Å². The van der Waals surface area contributed by atoms with E-state index in [9.17, 15) is 28.8 Å². The number of carbonyl (C=O) groups excluding carboxylic acids is 6. The monoisotopic (exact) mass is 738 g/mol. The molecule has 54 heavy (non-hydrogen) atoms. The zero-order valence-corrected chi connectivity index (χ0v) is 30.0. The molecule has 5 rings (SSSR count). The lowest BCUT2D eigenvalue weighted by Crippen LogP contribution is -2.27. The minimum absolute atomic E-state index is 0.000994. The molecule has 1 heterocycles. The summed E-state index contributed by atoms with van der Waals surface area (Å²) in [6.45, 7) is 7.34. The Morgan fingerprint density at radius 1 is 0.426 bits per heavy atom. The normalized spacial score (nSPS) is 14.4. The van der Waals surface area contributed by atoms with Crippen LogP contribution < -0.4 is 37.9 Å². The molecule has 1 aliphatic heterocycles. The Hall–Kier alpha value is -6.96. The molecule has 2 unspecified atom stereocenters. The van der Waals surface area contributed by atoms with Crippen molar-refractivity contribution in [3.63, 3.8) is 0 Å². The molecule has 278 valence electrons. The summed E-state index contributed by atoms with van der Waals surface area (Å²) < 4.78 is 44.8. The topological polar surface area (TPSA) is 176 Å². The van der Waals surface area contributed by atoms with Crippen LogP contribution in [0.25, 0.3) is 12.2 Å². The van der Waals surface area contributed by atoms with Crippen molar-refractivity contribution in [2.45, 2.75) is 53.8 Å². The molecule has 4 aromatic carbocycles. The fraction of sp³-hybridized carbons (Fsp3) is 0.200. The summed E-state index contributed by atoms with van der Waals surface area (Å²) in [6, 6.07) is 18.7. The van der Waals surface area contributed by atoms with Gasteiger partial charge in [-0.2, -0.15) is 0 Å². The van der Waals surface area contributed by atoms with Crippen molar-refractivity contribution >= 4 is 48.0 Å². The zero-order valence-electron chi connectivity index (χ0n) is 30.0. The van der Waals surface area contributed by atoms with Crippen molar-refractivity contribution in [1.82, 2.24) is 0 Å². The molecule has 0 radical (unpaired) electrons. The lowest BCUT2D eigenvalue weighted by molar-refractivity contribution is -0.134. The van der Waals surface area contributed by atoms with Crippen LogP contribution in [0, 0.1) is 0 Å². The van der Waals surface area contributed by atoms with Crippen LogP contribution in [0.1, 0.15) is 76.0 Å². The largest absolute Gasteiger partial charge is 0.478 e. The van der Waals surface area contributed by atoms with E-state index >= 15 is 0 Å². The number of ether oxygens (including phenoxy) is 8. The van der Waals surface area contributed by atoms with Gasteiger partial charge >= 0.3 is 35.8 Å². The summed E-state index contributed by atoms with van der Waals surface area (Å²) in [5.41, 5.74) is 2.02. The minimum atomic E-state index is -1.00. The van der Waals surface area contributed by atoms with Gasteiger partial charge in [0.05, 0.1) is 0 Å². The average Bonchev–Trinajstić information content (AvgIpc) is 3.05. The molecule has 1 aliphatic rings. The van der Waals surface area contributed by atoms with Crippen LogP contribution in [-0.4, -0.2) is 35.8 Å². The highest BCUT2D eigenvalue weighted by Crippen LogP contribution is 2.48. The smallest absolute Gasteiger partial charge is 0.308 e.